The lowest BCUT2D eigenvalue weighted by Crippen LogP contribution is -2.00. The van der Waals surface area contributed by atoms with Gasteiger partial charge in [-0.25, -0.2) is 4.98 Å². The number of hydrogen-bond acceptors (Lipinski definition) is 2. The summed E-state index contributed by atoms with van der Waals surface area (Å²) in [6.07, 6.45) is 2.84. The number of rotatable bonds is 2. The van der Waals surface area contributed by atoms with Gasteiger partial charge in [-0.15, -0.1) is 0 Å². The van der Waals surface area contributed by atoms with E-state index in [0.717, 1.165) is 11.6 Å². The minimum absolute atomic E-state index is 0.401. The first-order valence-corrected chi connectivity index (χ1v) is 5.74. The van der Waals surface area contributed by atoms with E-state index >= 15 is 0 Å². The van der Waals surface area contributed by atoms with Crippen LogP contribution in [0, 0.1) is 0 Å². The lowest BCUT2D eigenvalue weighted by molar-refractivity contribution is 1.38. The molecule has 0 saturated carbocycles. The summed E-state index contributed by atoms with van der Waals surface area (Å²) in [5.74, 6) is 0. The Morgan fingerprint density at radius 3 is 2.90 bits per heavy atom. The summed E-state index contributed by atoms with van der Waals surface area (Å²) in [5, 5.41) is 0. The second-order valence-corrected chi connectivity index (χ2v) is 5.05. The highest BCUT2D eigenvalue weighted by Gasteiger charge is 2.10. The van der Waals surface area contributed by atoms with Crippen LogP contribution in [0.3, 0.4) is 0 Å². The highest BCUT2D eigenvalue weighted by molar-refractivity contribution is 8.08. The molecule has 1 nitrogen and oxygen atoms in total. The van der Waals surface area contributed by atoms with Gasteiger partial charge in [-0.2, -0.15) is 0 Å². The molecule has 3 heteroatoms. The van der Waals surface area contributed by atoms with Gasteiger partial charge >= 0.3 is 0 Å². The zero-order valence-electron chi connectivity index (χ0n) is 5.82. The van der Waals surface area contributed by atoms with E-state index in [9.17, 15) is 0 Å². The summed E-state index contributed by atoms with van der Waals surface area (Å²) in [7, 11) is 0. The average molecular weight is 170 g/mol. The predicted molar refractivity (Wildman–Crippen MR) is 48.7 cm³/mol. The monoisotopic (exact) mass is 170 g/mol. The van der Waals surface area contributed by atoms with Crippen molar-refractivity contribution in [2.24, 2.45) is 0 Å². The summed E-state index contributed by atoms with van der Waals surface area (Å²) in [6.45, 7) is 1.70. The minimum Gasteiger partial charge on any atom is -0.215 e. The first-order valence-electron chi connectivity index (χ1n) is 3.20. The van der Waals surface area contributed by atoms with Crippen LogP contribution in [-0.2, 0) is 11.8 Å². The second kappa shape index (κ2) is 3.75. The smallest absolute Gasteiger partial charge is 0.215 e. The van der Waals surface area contributed by atoms with Gasteiger partial charge in [0.25, 0.3) is 5.44 Å². The third kappa shape index (κ3) is 1.83. The van der Waals surface area contributed by atoms with Crippen LogP contribution < -0.4 is 5.44 Å². The third-order valence-electron chi connectivity index (χ3n) is 1.19. The maximum Gasteiger partial charge on any atom is 0.251 e. The van der Waals surface area contributed by atoms with Crippen molar-refractivity contribution in [3.8, 4) is 0 Å². The van der Waals surface area contributed by atoms with Crippen LogP contribution in [0.5, 0.6) is 0 Å². The lowest BCUT2D eigenvalue weighted by Gasteiger charge is -1.84. The Kier molecular flexibility index (Phi) is 2.91. The molecule has 1 heterocycles. The van der Waals surface area contributed by atoms with Crippen molar-refractivity contribution >= 4 is 23.9 Å². The highest BCUT2D eigenvalue weighted by Crippen LogP contribution is 2.16. The molecule has 0 spiro atoms. The van der Waals surface area contributed by atoms with Crippen LogP contribution in [0.15, 0.2) is 24.4 Å². The normalized spacial score (nSPS) is 11.1. The summed E-state index contributed by atoms with van der Waals surface area (Å²) in [6, 6.07) is 5.90. The van der Waals surface area contributed by atoms with Gasteiger partial charge in [0.1, 0.15) is 6.16 Å². The van der Waals surface area contributed by atoms with Gasteiger partial charge in [0.05, 0.1) is 0 Å². The predicted octanol–water partition coefficient (Wildman–Crippen LogP) is 1.67. The fourth-order valence-corrected chi connectivity index (χ4v) is 1.76. The van der Waals surface area contributed by atoms with E-state index < -0.39 is 6.70 Å². The molecule has 1 unspecified atom stereocenters. The van der Waals surface area contributed by atoms with Gasteiger partial charge in [-0.3, -0.25) is 0 Å². The molecule has 0 aliphatic rings. The van der Waals surface area contributed by atoms with Crippen molar-refractivity contribution in [1.82, 2.24) is 4.98 Å². The van der Waals surface area contributed by atoms with Crippen LogP contribution in [-0.4, -0.2) is 11.1 Å². The highest BCUT2D eigenvalue weighted by atomic mass is 32.4. The molecule has 0 amide bonds. The van der Waals surface area contributed by atoms with Gasteiger partial charge in [-0.05, 0) is 13.0 Å². The van der Waals surface area contributed by atoms with Crippen LogP contribution in [0.2, 0.25) is 0 Å². The summed E-state index contributed by atoms with van der Waals surface area (Å²) in [4.78, 5) is 4.17. The number of nitrogens with zero attached hydrogens (tertiary/aromatic N) is 1. The van der Waals surface area contributed by atoms with Crippen molar-refractivity contribution < 1.29 is 0 Å². The van der Waals surface area contributed by atoms with Crippen molar-refractivity contribution in [3.05, 3.63) is 24.4 Å². The topological polar surface area (TPSA) is 12.9 Å². The zero-order valence-corrected chi connectivity index (χ0v) is 7.53. The number of pyridine rings is 1. The van der Waals surface area contributed by atoms with Gasteiger partial charge in [0, 0.05) is 12.3 Å². The Hall–Kier alpha value is -0.330. The van der Waals surface area contributed by atoms with Crippen molar-refractivity contribution in [2.75, 3.05) is 6.16 Å². The largest absolute Gasteiger partial charge is 0.251 e. The number of hydrogen-bond donors (Lipinski definition) is 0. The quantitative estimate of drug-likeness (QED) is 0.626. The lowest BCUT2D eigenvalue weighted by atomic mass is 10.5. The SMILES string of the molecule is CC[P+](=S)c1ccccn1. The molecule has 1 aromatic rings. The van der Waals surface area contributed by atoms with E-state index in [4.69, 9.17) is 11.8 Å². The Labute approximate surface area is 66.9 Å². The first-order chi connectivity index (χ1) is 4.84. The molecule has 0 fully saturated rings. The Balaban J connectivity index is 2.85. The van der Waals surface area contributed by atoms with Crippen molar-refractivity contribution in [2.45, 2.75) is 6.92 Å². The molecule has 1 aromatic heterocycles. The Morgan fingerprint density at radius 2 is 2.40 bits per heavy atom. The Bertz CT molecular complexity index is 222. The standard InChI is InChI=1S/C7H9NPS/c1-2-9(10)7-5-3-4-6-8-7/h3-6H,2H2,1H3/q+1. The summed E-state index contributed by atoms with van der Waals surface area (Å²) in [5.41, 5.74) is 1.08. The minimum atomic E-state index is -0.401. The van der Waals surface area contributed by atoms with Crippen LogP contribution in [0.4, 0.5) is 0 Å². The van der Waals surface area contributed by atoms with E-state index in [1.807, 2.05) is 18.2 Å². The molecule has 0 aliphatic heterocycles. The molecule has 0 aromatic carbocycles. The van der Waals surface area contributed by atoms with E-state index in [0.29, 0.717) is 0 Å². The van der Waals surface area contributed by atoms with Crippen LogP contribution in [0.1, 0.15) is 6.92 Å². The summed E-state index contributed by atoms with van der Waals surface area (Å²) < 4.78 is 0. The molecule has 1 rings (SSSR count). The van der Waals surface area contributed by atoms with Gasteiger partial charge in [-0.1, -0.05) is 6.07 Å². The molecule has 0 aliphatic carbocycles. The maximum atomic E-state index is 5.21. The molecule has 0 bridgehead atoms. The molecule has 1 atom stereocenters. The van der Waals surface area contributed by atoms with E-state index in [2.05, 4.69) is 11.9 Å². The maximum absolute atomic E-state index is 5.21. The van der Waals surface area contributed by atoms with Crippen molar-refractivity contribution in [1.29, 1.82) is 0 Å². The fraction of sp³-hybridized carbons (Fsp3) is 0.286. The number of aromatic nitrogens is 1. The molecule has 0 N–H and O–H groups in total. The van der Waals surface area contributed by atoms with E-state index in [-0.39, 0.29) is 0 Å². The average Bonchev–Trinajstić information content (AvgIpc) is 2.05. The fourth-order valence-electron chi connectivity index (χ4n) is 0.663. The third-order valence-corrected chi connectivity index (χ3v) is 3.88. The van der Waals surface area contributed by atoms with Crippen LogP contribution >= 0.6 is 6.70 Å². The van der Waals surface area contributed by atoms with Gasteiger partial charge in [0.15, 0.2) is 11.8 Å². The first kappa shape index (κ1) is 7.77. The molecular formula is C7H9NPS+. The zero-order chi connectivity index (χ0) is 7.40. The van der Waals surface area contributed by atoms with Crippen molar-refractivity contribution in [3.63, 3.8) is 0 Å². The van der Waals surface area contributed by atoms with Gasteiger partial charge < -0.3 is 0 Å². The molecular weight excluding hydrogens is 161 g/mol. The van der Waals surface area contributed by atoms with Gasteiger partial charge in [0.2, 0.25) is 6.70 Å². The molecule has 0 saturated heterocycles. The second-order valence-electron chi connectivity index (χ2n) is 1.88. The Morgan fingerprint density at radius 1 is 1.60 bits per heavy atom. The molecule has 0 radical (unpaired) electrons. The molecule has 10 heavy (non-hydrogen) atoms. The summed E-state index contributed by atoms with van der Waals surface area (Å²) >= 11 is 5.21. The van der Waals surface area contributed by atoms with E-state index in [1.54, 1.807) is 6.20 Å². The molecule has 52 valence electrons. The van der Waals surface area contributed by atoms with E-state index in [1.165, 1.54) is 0 Å². The van der Waals surface area contributed by atoms with Crippen LogP contribution in [0.25, 0.3) is 0 Å².